The second-order valence-corrected chi connectivity index (χ2v) is 8.31. The van der Waals surface area contributed by atoms with Crippen molar-refractivity contribution >= 4 is 51.5 Å². The third-order valence-electron chi connectivity index (χ3n) is 3.97. The molecule has 0 aliphatic carbocycles. The molecule has 0 bridgehead atoms. The molecule has 0 aliphatic heterocycles. The molecule has 0 saturated carbocycles. The van der Waals surface area contributed by atoms with Crippen LogP contribution in [0.25, 0.3) is 11.1 Å². The first-order valence-corrected chi connectivity index (χ1v) is 10.2. The number of nitro groups is 1. The van der Waals surface area contributed by atoms with Crippen molar-refractivity contribution in [2.24, 2.45) is 0 Å². The molecule has 146 valence electrons. The Kier molecular flexibility index (Phi) is 5.03. The highest BCUT2D eigenvalue weighted by Gasteiger charge is 2.20. The van der Waals surface area contributed by atoms with Crippen LogP contribution in [0, 0.1) is 24.0 Å². The zero-order chi connectivity index (χ0) is 20.5. The van der Waals surface area contributed by atoms with Gasteiger partial charge in [0.15, 0.2) is 15.8 Å². The number of nitrogens with zero attached hydrogens (tertiary/aromatic N) is 3. The number of carbonyl (C=O) groups is 1. The molecule has 2 aromatic carbocycles. The predicted molar refractivity (Wildman–Crippen MR) is 111 cm³/mol. The summed E-state index contributed by atoms with van der Waals surface area (Å²) >= 11 is 2.62. The van der Waals surface area contributed by atoms with Gasteiger partial charge in [-0.3, -0.25) is 14.9 Å². The zero-order valence-electron chi connectivity index (χ0n) is 15.3. The lowest BCUT2D eigenvalue weighted by atomic mass is 10.2. The molecule has 4 rings (SSSR count). The number of hydrogen-bond acceptors (Lipinski definition) is 8. The summed E-state index contributed by atoms with van der Waals surface area (Å²) in [7, 11) is 0. The molecule has 8 nitrogen and oxygen atoms in total. The van der Waals surface area contributed by atoms with Gasteiger partial charge in [0.1, 0.15) is 5.52 Å². The fraction of sp³-hybridized carbons (Fsp3) is 0.105. The van der Waals surface area contributed by atoms with Gasteiger partial charge >= 0.3 is 0 Å². The van der Waals surface area contributed by atoms with Crippen LogP contribution in [0.1, 0.15) is 21.9 Å². The maximum absolute atomic E-state index is 12.6. The summed E-state index contributed by atoms with van der Waals surface area (Å²) in [5.74, 6) is 0.0805. The number of rotatable bonds is 5. The lowest BCUT2D eigenvalue weighted by Gasteiger charge is -2.07. The fourth-order valence-electron chi connectivity index (χ4n) is 2.68. The molecule has 0 unspecified atom stereocenters. The number of carbonyl (C=O) groups excluding carboxylic acids is 1. The van der Waals surface area contributed by atoms with Crippen LogP contribution in [-0.2, 0) is 0 Å². The Bertz CT molecular complexity index is 1250. The van der Waals surface area contributed by atoms with E-state index in [1.54, 1.807) is 37.3 Å². The van der Waals surface area contributed by atoms with Crippen LogP contribution in [0.2, 0.25) is 0 Å². The van der Waals surface area contributed by atoms with Crippen LogP contribution in [-0.4, -0.2) is 20.8 Å². The van der Waals surface area contributed by atoms with Crippen LogP contribution < -0.4 is 5.32 Å². The summed E-state index contributed by atoms with van der Waals surface area (Å²) in [6.45, 7) is 3.60. The average molecular weight is 426 g/mol. The number of benzene rings is 2. The monoisotopic (exact) mass is 426 g/mol. The molecular formula is C19H14N4O4S2. The molecule has 29 heavy (non-hydrogen) atoms. The summed E-state index contributed by atoms with van der Waals surface area (Å²) in [5, 5.41) is 16.1. The molecule has 2 aromatic heterocycles. The van der Waals surface area contributed by atoms with Crippen molar-refractivity contribution in [2.45, 2.75) is 23.1 Å². The van der Waals surface area contributed by atoms with E-state index < -0.39 is 10.8 Å². The van der Waals surface area contributed by atoms with Crippen LogP contribution in [0.15, 0.2) is 55.4 Å². The Morgan fingerprint density at radius 2 is 2.03 bits per heavy atom. The molecule has 0 aliphatic rings. The number of amides is 1. The van der Waals surface area contributed by atoms with E-state index in [4.69, 9.17) is 4.42 Å². The summed E-state index contributed by atoms with van der Waals surface area (Å²) in [5.41, 5.74) is 2.67. The number of aromatic nitrogens is 2. The normalized spacial score (nSPS) is 11.0. The summed E-state index contributed by atoms with van der Waals surface area (Å²) < 4.78 is 6.12. The second-order valence-electron chi connectivity index (χ2n) is 6.17. The number of nitrogens with one attached hydrogen (secondary N) is 1. The van der Waals surface area contributed by atoms with E-state index in [-0.39, 0.29) is 11.3 Å². The van der Waals surface area contributed by atoms with Crippen molar-refractivity contribution in [3.63, 3.8) is 0 Å². The lowest BCUT2D eigenvalue weighted by Crippen LogP contribution is -2.12. The van der Waals surface area contributed by atoms with Crippen LogP contribution in [0.4, 0.5) is 11.4 Å². The molecular weight excluding hydrogens is 412 g/mol. The van der Waals surface area contributed by atoms with E-state index in [1.807, 2.05) is 12.3 Å². The third-order valence-corrected chi connectivity index (χ3v) is 6.09. The Balaban J connectivity index is 1.58. The lowest BCUT2D eigenvalue weighted by molar-refractivity contribution is -0.387. The standard InChI is InChI=1S/C19H14N4O4S2/c1-10-9-28-19(20-10)29-17-6-3-12(7-15(17)23(25)26)18(24)22-13-4-5-16-14(8-13)21-11(2)27-16/h3-9H,1-2H3,(H,22,24). The van der Waals surface area contributed by atoms with E-state index >= 15 is 0 Å². The number of aryl methyl sites for hydroxylation is 2. The van der Waals surface area contributed by atoms with Crippen LogP contribution in [0.5, 0.6) is 0 Å². The van der Waals surface area contributed by atoms with Crippen molar-refractivity contribution in [1.82, 2.24) is 9.97 Å². The van der Waals surface area contributed by atoms with Crippen LogP contribution >= 0.6 is 23.1 Å². The Hall–Kier alpha value is -3.24. The number of anilines is 1. The van der Waals surface area contributed by atoms with Crippen molar-refractivity contribution in [2.75, 3.05) is 5.32 Å². The quantitative estimate of drug-likeness (QED) is 0.344. The Labute approximate surface area is 173 Å². The van der Waals surface area contributed by atoms with Gasteiger partial charge in [0.05, 0.1) is 9.82 Å². The SMILES string of the molecule is Cc1csc(Sc2ccc(C(=O)Nc3ccc4oc(C)nc4c3)cc2[N+](=O)[O-])n1. The maximum atomic E-state index is 12.6. The molecule has 0 fully saturated rings. The molecule has 1 N–H and O–H groups in total. The zero-order valence-corrected chi connectivity index (χ0v) is 17.0. The number of hydrogen-bond donors (Lipinski definition) is 1. The third kappa shape index (κ3) is 4.13. The smallest absolute Gasteiger partial charge is 0.284 e. The topological polar surface area (TPSA) is 111 Å². The summed E-state index contributed by atoms with van der Waals surface area (Å²) in [4.78, 5) is 32.6. The summed E-state index contributed by atoms with van der Waals surface area (Å²) in [6, 6.07) is 9.49. The molecule has 10 heteroatoms. The summed E-state index contributed by atoms with van der Waals surface area (Å²) in [6.07, 6.45) is 0. The van der Waals surface area contributed by atoms with Gasteiger partial charge in [0, 0.05) is 35.3 Å². The highest BCUT2D eigenvalue weighted by Crippen LogP contribution is 2.37. The van der Waals surface area contributed by atoms with Crippen LogP contribution in [0.3, 0.4) is 0 Å². The van der Waals surface area contributed by atoms with Crippen molar-refractivity contribution < 1.29 is 14.1 Å². The van der Waals surface area contributed by atoms with Crippen molar-refractivity contribution in [3.05, 3.63) is 69.0 Å². The Morgan fingerprint density at radius 1 is 1.21 bits per heavy atom. The predicted octanol–water partition coefficient (Wildman–Crippen LogP) is 5.21. The van der Waals surface area contributed by atoms with E-state index in [2.05, 4.69) is 15.3 Å². The maximum Gasteiger partial charge on any atom is 0.284 e. The van der Waals surface area contributed by atoms with Gasteiger partial charge in [-0.25, -0.2) is 9.97 Å². The molecule has 0 saturated heterocycles. The van der Waals surface area contributed by atoms with Gasteiger partial charge in [0.25, 0.3) is 11.6 Å². The molecule has 2 heterocycles. The van der Waals surface area contributed by atoms with Gasteiger partial charge in [-0.15, -0.1) is 11.3 Å². The number of thiazole rings is 1. The number of fused-ring (bicyclic) bond motifs is 1. The van der Waals surface area contributed by atoms with Gasteiger partial charge in [-0.05, 0) is 37.3 Å². The van der Waals surface area contributed by atoms with Crippen molar-refractivity contribution in [1.29, 1.82) is 0 Å². The van der Waals surface area contributed by atoms with E-state index in [1.165, 1.54) is 29.2 Å². The minimum atomic E-state index is -0.496. The van der Waals surface area contributed by atoms with E-state index in [9.17, 15) is 14.9 Å². The van der Waals surface area contributed by atoms with E-state index in [0.29, 0.717) is 31.9 Å². The van der Waals surface area contributed by atoms with E-state index in [0.717, 1.165) is 5.69 Å². The van der Waals surface area contributed by atoms with Gasteiger partial charge in [-0.2, -0.15) is 0 Å². The second kappa shape index (κ2) is 7.64. The molecule has 0 radical (unpaired) electrons. The highest BCUT2D eigenvalue weighted by molar-refractivity contribution is 8.01. The molecule has 1 amide bonds. The first-order valence-electron chi connectivity index (χ1n) is 8.46. The minimum Gasteiger partial charge on any atom is -0.441 e. The van der Waals surface area contributed by atoms with Crippen molar-refractivity contribution in [3.8, 4) is 0 Å². The average Bonchev–Trinajstić information content (AvgIpc) is 3.25. The fourth-order valence-corrected chi connectivity index (χ4v) is 4.56. The van der Waals surface area contributed by atoms with Gasteiger partial charge in [0.2, 0.25) is 0 Å². The van der Waals surface area contributed by atoms with Gasteiger partial charge in [-0.1, -0.05) is 11.8 Å². The molecule has 0 spiro atoms. The first kappa shape index (κ1) is 19.1. The molecule has 4 aromatic rings. The van der Waals surface area contributed by atoms with Gasteiger partial charge < -0.3 is 9.73 Å². The Morgan fingerprint density at radius 3 is 2.76 bits per heavy atom. The largest absolute Gasteiger partial charge is 0.441 e. The minimum absolute atomic E-state index is 0.141. The number of nitro benzene ring substituents is 1. The first-order chi connectivity index (χ1) is 13.9. The number of oxazole rings is 1. The highest BCUT2D eigenvalue weighted by atomic mass is 32.2. The molecule has 0 atom stereocenters.